The quantitative estimate of drug-likeness (QED) is 0.514. The SMILES string of the molecule is CC(C)(C)c1noc(CCCC(=O)OCc2ccccc2Oc2cccnc2)n1. The van der Waals surface area contributed by atoms with E-state index < -0.39 is 0 Å². The number of carbonyl (C=O) groups is 1. The summed E-state index contributed by atoms with van der Waals surface area (Å²) in [5, 5.41) is 3.98. The fourth-order valence-electron chi connectivity index (χ4n) is 2.53. The van der Waals surface area contributed by atoms with Gasteiger partial charge >= 0.3 is 5.97 Å². The molecule has 7 heteroatoms. The van der Waals surface area contributed by atoms with Gasteiger partial charge in [-0.3, -0.25) is 9.78 Å². The number of hydrogen-bond donors (Lipinski definition) is 0. The molecule has 0 N–H and O–H groups in total. The zero-order valence-electron chi connectivity index (χ0n) is 16.9. The fourth-order valence-corrected chi connectivity index (χ4v) is 2.53. The van der Waals surface area contributed by atoms with Crippen LogP contribution in [0.5, 0.6) is 11.5 Å². The Bertz CT molecular complexity index is 932. The normalized spacial score (nSPS) is 11.3. The van der Waals surface area contributed by atoms with Crippen LogP contribution in [-0.2, 0) is 28.0 Å². The van der Waals surface area contributed by atoms with E-state index in [0.717, 1.165) is 5.56 Å². The Hall–Kier alpha value is -3.22. The fraction of sp³-hybridized carbons (Fsp3) is 0.364. The lowest BCUT2D eigenvalue weighted by atomic mass is 9.96. The standard InChI is InChI=1S/C22H25N3O4/c1-22(2,3)21-24-19(29-25-21)11-6-12-20(26)27-15-16-8-4-5-10-18(16)28-17-9-7-13-23-14-17/h4-5,7-10,13-14H,6,11-12,15H2,1-3H3. The number of rotatable bonds is 8. The van der Waals surface area contributed by atoms with Gasteiger partial charge in [-0.25, -0.2) is 0 Å². The molecule has 0 saturated heterocycles. The van der Waals surface area contributed by atoms with Crippen molar-refractivity contribution in [1.82, 2.24) is 15.1 Å². The van der Waals surface area contributed by atoms with Crippen molar-refractivity contribution in [1.29, 1.82) is 0 Å². The first-order valence-corrected chi connectivity index (χ1v) is 9.56. The molecule has 0 bridgehead atoms. The number of pyridine rings is 1. The van der Waals surface area contributed by atoms with Crippen molar-refractivity contribution >= 4 is 5.97 Å². The molecule has 0 atom stereocenters. The molecule has 0 unspecified atom stereocenters. The van der Waals surface area contributed by atoms with Crippen molar-refractivity contribution in [3.63, 3.8) is 0 Å². The summed E-state index contributed by atoms with van der Waals surface area (Å²) >= 11 is 0. The van der Waals surface area contributed by atoms with Gasteiger partial charge in [0.05, 0.1) is 6.20 Å². The summed E-state index contributed by atoms with van der Waals surface area (Å²) in [4.78, 5) is 20.5. The van der Waals surface area contributed by atoms with Crippen LogP contribution in [0.3, 0.4) is 0 Å². The van der Waals surface area contributed by atoms with Crippen LogP contribution in [0.4, 0.5) is 0 Å². The first-order chi connectivity index (χ1) is 13.9. The topological polar surface area (TPSA) is 87.3 Å². The van der Waals surface area contributed by atoms with Crippen LogP contribution in [-0.4, -0.2) is 21.1 Å². The lowest BCUT2D eigenvalue weighted by Gasteiger charge is -2.11. The summed E-state index contributed by atoms with van der Waals surface area (Å²) < 4.78 is 16.5. The second-order valence-corrected chi connectivity index (χ2v) is 7.67. The number of ether oxygens (including phenoxy) is 2. The molecule has 1 aromatic carbocycles. The number of aromatic nitrogens is 3. The molecule has 0 aliphatic carbocycles. The predicted octanol–water partition coefficient (Wildman–Crippen LogP) is 4.62. The second-order valence-electron chi connectivity index (χ2n) is 7.67. The van der Waals surface area contributed by atoms with Crippen molar-refractivity contribution < 1.29 is 18.8 Å². The van der Waals surface area contributed by atoms with Crippen LogP contribution in [0.15, 0.2) is 53.3 Å². The van der Waals surface area contributed by atoms with Gasteiger partial charge in [-0.05, 0) is 24.6 Å². The van der Waals surface area contributed by atoms with E-state index >= 15 is 0 Å². The number of carbonyl (C=O) groups excluding carboxylic acids is 1. The number of para-hydroxylation sites is 1. The Morgan fingerprint density at radius 1 is 1.14 bits per heavy atom. The summed E-state index contributed by atoms with van der Waals surface area (Å²) in [7, 11) is 0. The summed E-state index contributed by atoms with van der Waals surface area (Å²) in [6.07, 6.45) is 4.71. The molecule has 3 aromatic rings. The highest BCUT2D eigenvalue weighted by atomic mass is 16.5. The largest absolute Gasteiger partial charge is 0.461 e. The first kappa shape index (κ1) is 20.5. The highest BCUT2D eigenvalue weighted by molar-refractivity contribution is 5.69. The molecule has 2 heterocycles. The maximum atomic E-state index is 12.1. The van der Waals surface area contributed by atoms with E-state index in [2.05, 4.69) is 15.1 Å². The highest BCUT2D eigenvalue weighted by Crippen LogP contribution is 2.25. The molecular formula is C22H25N3O4. The monoisotopic (exact) mass is 395 g/mol. The van der Waals surface area contributed by atoms with Gasteiger partial charge in [0.1, 0.15) is 18.1 Å². The highest BCUT2D eigenvalue weighted by Gasteiger charge is 2.20. The van der Waals surface area contributed by atoms with Crippen molar-refractivity contribution in [3.05, 3.63) is 66.1 Å². The Labute approximate surface area is 170 Å². The Morgan fingerprint density at radius 2 is 1.97 bits per heavy atom. The van der Waals surface area contributed by atoms with Crippen molar-refractivity contribution in [2.24, 2.45) is 0 Å². The van der Waals surface area contributed by atoms with E-state index in [-0.39, 0.29) is 24.4 Å². The van der Waals surface area contributed by atoms with Crippen molar-refractivity contribution in [3.8, 4) is 11.5 Å². The van der Waals surface area contributed by atoms with E-state index in [1.54, 1.807) is 18.5 Å². The Morgan fingerprint density at radius 3 is 2.69 bits per heavy atom. The molecule has 0 aliphatic rings. The number of aryl methyl sites for hydroxylation is 1. The summed E-state index contributed by atoms with van der Waals surface area (Å²) in [6.45, 7) is 6.21. The van der Waals surface area contributed by atoms with E-state index in [1.165, 1.54) is 0 Å². The smallest absolute Gasteiger partial charge is 0.306 e. The number of esters is 1. The maximum Gasteiger partial charge on any atom is 0.306 e. The first-order valence-electron chi connectivity index (χ1n) is 9.56. The van der Waals surface area contributed by atoms with Crippen molar-refractivity contribution in [2.75, 3.05) is 0 Å². The van der Waals surface area contributed by atoms with Gasteiger partial charge in [0, 0.05) is 30.0 Å². The molecule has 152 valence electrons. The van der Waals surface area contributed by atoms with E-state index in [1.807, 2.05) is 51.1 Å². The van der Waals surface area contributed by atoms with Crippen LogP contribution in [0.2, 0.25) is 0 Å². The van der Waals surface area contributed by atoms with Crippen LogP contribution in [0, 0.1) is 0 Å². The average molecular weight is 395 g/mol. The van der Waals surface area contributed by atoms with E-state index in [9.17, 15) is 4.79 Å². The minimum atomic E-state index is -0.281. The molecule has 0 aliphatic heterocycles. The molecule has 0 fully saturated rings. The molecule has 0 saturated carbocycles. The van der Waals surface area contributed by atoms with Gasteiger partial charge < -0.3 is 14.0 Å². The third kappa shape index (κ3) is 6.14. The Kier molecular flexibility index (Phi) is 6.59. The summed E-state index contributed by atoms with van der Waals surface area (Å²) in [6, 6.07) is 11.1. The van der Waals surface area contributed by atoms with Crippen LogP contribution >= 0.6 is 0 Å². The second kappa shape index (κ2) is 9.32. The van der Waals surface area contributed by atoms with Crippen LogP contribution in [0.1, 0.15) is 50.9 Å². The number of hydrogen-bond acceptors (Lipinski definition) is 7. The Balaban J connectivity index is 1.47. The van der Waals surface area contributed by atoms with Crippen LogP contribution in [0.25, 0.3) is 0 Å². The minimum Gasteiger partial charge on any atom is -0.461 e. The maximum absolute atomic E-state index is 12.1. The number of nitrogens with zero attached hydrogens (tertiary/aromatic N) is 3. The molecular weight excluding hydrogens is 370 g/mol. The predicted molar refractivity (Wildman–Crippen MR) is 106 cm³/mol. The third-order valence-corrected chi connectivity index (χ3v) is 4.13. The lowest BCUT2D eigenvalue weighted by Crippen LogP contribution is -2.13. The zero-order valence-corrected chi connectivity index (χ0v) is 16.9. The molecule has 29 heavy (non-hydrogen) atoms. The van der Waals surface area contributed by atoms with Gasteiger partial charge in [0.15, 0.2) is 5.82 Å². The molecule has 0 radical (unpaired) electrons. The van der Waals surface area contributed by atoms with E-state index in [0.29, 0.717) is 36.1 Å². The zero-order chi connectivity index (χ0) is 20.7. The average Bonchev–Trinajstić information content (AvgIpc) is 3.18. The summed E-state index contributed by atoms with van der Waals surface area (Å²) in [5.41, 5.74) is 0.628. The lowest BCUT2D eigenvalue weighted by molar-refractivity contribution is -0.145. The van der Waals surface area contributed by atoms with E-state index in [4.69, 9.17) is 14.0 Å². The van der Waals surface area contributed by atoms with Crippen molar-refractivity contribution in [2.45, 2.75) is 52.1 Å². The molecule has 0 spiro atoms. The van der Waals surface area contributed by atoms with Crippen LogP contribution < -0.4 is 4.74 Å². The number of benzene rings is 1. The van der Waals surface area contributed by atoms with Gasteiger partial charge in [-0.15, -0.1) is 0 Å². The van der Waals surface area contributed by atoms with Gasteiger partial charge in [-0.1, -0.05) is 44.1 Å². The molecule has 2 aromatic heterocycles. The van der Waals surface area contributed by atoms with Gasteiger partial charge in [0.2, 0.25) is 5.89 Å². The molecule has 0 amide bonds. The minimum absolute atomic E-state index is 0.143. The van der Waals surface area contributed by atoms with Gasteiger partial charge in [-0.2, -0.15) is 4.98 Å². The molecule has 7 nitrogen and oxygen atoms in total. The summed E-state index contributed by atoms with van der Waals surface area (Å²) in [5.74, 6) is 2.18. The molecule has 3 rings (SSSR count). The third-order valence-electron chi connectivity index (χ3n) is 4.13. The van der Waals surface area contributed by atoms with Gasteiger partial charge in [0.25, 0.3) is 0 Å².